The van der Waals surface area contributed by atoms with Gasteiger partial charge in [-0.3, -0.25) is 5.43 Å². The Labute approximate surface area is 152 Å². The van der Waals surface area contributed by atoms with Crippen LogP contribution in [0.5, 0.6) is 0 Å². The van der Waals surface area contributed by atoms with Gasteiger partial charge in [0.1, 0.15) is 0 Å². The molecule has 3 N–H and O–H groups in total. The number of nitrogens with zero attached hydrogens (tertiary/aromatic N) is 4. The number of fused-ring (bicyclic) bond motifs is 5. The number of hydrazine groups is 3. The standard InChI is InChI=1S/C19H23N7/c1-2-5-13-9-10-14-6-4-8-16(19(13)14)17-11-18(22-24-21-17)23-26-12-15(7-3-1)20-25-26/h4,6,8,10-11,15,20,25H,1-3,5,7,9,12H2,(H,21,22,23). The minimum atomic E-state index is 0.443. The molecule has 1 fully saturated rings. The SMILES string of the molecule is C1=c2cccc3c2=C(C1)CCCCCC1CN(NN1)Nc1cc-3nnn1. The van der Waals surface area contributed by atoms with Gasteiger partial charge in [0.25, 0.3) is 0 Å². The van der Waals surface area contributed by atoms with Crippen molar-refractivity contribution >= 4 is 17.5 Å². The number of nitrogens with one attached hydrogen (secondary N) is 3. The van der Waals surface area contributed by atoms with Crippen LogP contribution in [0.4, 0.5) is 5.82 Å². The summed E-state index contributed by atoms with van der Waals surface area (Å²) >= 11 is 0. The maximum absolute atomic E-state index is 4.32. The third-order valence-corrected chi connectivity index (χ3v) is 5.46. The van der Waals surface area contributed by atoms with Crippen LogP contribution in [-0.2, 0) is 0 Å². The summed E-state index contributed by atoms with van der Waals surface area (Å²) in [5.74, 6) is 0.695. The quantitative estimate of drug-likeness (QED) is 0.651. The highest BCUT2D eigenvalue weighted by Gasteiger charge is 2.22. The molecule has 4 bridgehead atoms. The van der Waals surface area contributed by atoms with Gasteiger partial charge < -0.3 is 0 Å². The Hall–Kier alpha value is -2.35. The first kappa shape index (κ1) is 15.9. The molecular formula is C19H23N7. The highest BCUT2D eigenvalue weighted by molar-refractivity contribution is 5.71. The number of rotatable bonds is 0. The van der Waals surface area contributed by atoms with E-state index >= 15 is 0 Å². The van der Waals surface area contributed by atoms with E-state index < -0.39 is 0 Å². The normalized spacial score (nSPS) is 24.8. The lowest BCUT2D eigenvalue weighted by molar-refractivity contribution is 0.283. The molecule has 2 atom stereocenters. The van der Waals surface area contributed by atoms with E-state index in [9.17, 15) is 0 Å². The molecule has 26 heavy (non-hydrogen) atoms. The van der Waals surface area contributed by atoms with Gasteiger partial charge in [0.15, 0.2) is 5.82 Å². The van der Waals surface area contributed by atoms with Gasteiger partial charge in [0, 0.05) is 17.7 Å². The Morgan fingerprint density at radius 1 is 1.12 bits per heavy atom. The summed E-state index contributed by atoms with van der Waals surface area (Å²) in [6.07, 6.45) is 9.47. The topological polar surface area (TPSA) is 78.0 Å². The molecule has 1 aromatic heterocycles. The second-order valence-corrected chi connectivity index (χ2v) is 7.26. The molecule has 0 radical (unpaired) electrons. The maximum Gasteiger partial charge on any atom is 0.168 e. The van der Waals surface area contributed by atoms with Gasteiger partial charge in [-0.05, 0) is 41.3 Å². The lowest BCUT2D eigenvalue weighted by Gasteiger charge is -2.16. The predicted molar refractivity (Wildman–Crippen MR) is 100 cm³/mol. The first-order chi connectivity index (χ1) is 12.9. The zero-order valence-corrected chi connectivity index (χ0v) is 14.7. The second kappa shape index (κ2) is 6.75. The van der Waals surface area contributed by atoms with E-state index in [2.05, 4.69) is 56.1 Å². The predicted octanol–water partition coefficient (Wildman–Crippen LogP) is 0.858. The van der Waals surface area contributed by atoms with Gasteiger partial charge in [-0.15, -0.1) is 15.3 Å². The van der Waals surface area contributed by atoms with E-state index in [4.69, 9.17) is 0 Å². The van der Waals surface area contributed by atoms with Crippen LogP contribution in [0.25, 0.3) is 22.9 Å². The summed E-state index contributed by atoms with van der Waals surface area (Å²) in [5, 5.41) is 17.1. The number of aromatic nitrogens is 3. The van der Waals surface area contributed by atoms with E-state index in [1.54, 1.807) is 0 Å². The molecular weight excluding hydrogens is 326 g/mol. The van der Waals surface area contributed by atoms with Gasteiger partial charge in [0.05, 0.1) is 12.2 Å². The zero-order valence-electron chi connectivity index (χ0n) is 14.7. The molecule has 0 amide bonds. The average molecular weight is 349 g/mol. The van der Waals surface area contributed by atoms with Crippen LogP contribution >= 0.6 is 0 Å². The molecule has 7 nitrogen and oxygen atoms in total. The Morgan fingerprint density at radius 3 is 3.12 bits per heavy atom. The summed E-state index contributed by atoms with van der Waals surface area (Å²) < 4.78 is 0. The molecule has 0 spiro atoms. The molecule has 3 aliphatic rings. The van der Waals surface area contributed by atoms with Crippen molar-refractivity contribution < 1.29 is 0 Å². The molecule has 2 unspecified atom stereocenters. The number of hydrogen-bond acceptors (Lipinski definition) is 7. The Balaban J connectivity index is 1.60. The third-order valence-electron chi connectivity index (χ3n) is 5.46. The Kier molecular flexibility index (Phi) is 4.12. The largest absolute Gasteiger partial charge is 0.287 e. The molecule has 1 aromatic carbocycles. The Bertz CT molecular complexity index is 939. The Morgan fingerprint density at radius 2 is 2.12 bits per heavy atom. The van der Waals surface area contributed by atoms with Gasteiger partial charge in [0.2, 0.25) is 0 Å². The molecule has 7 heteroatoms. The van der Waals surface area contributed by atoms with Gasteiger partial charge in [-0.1, -0.05) is 42.7 Å². The second-order valence-electron chi connectivity index (χ2n) is 7.26. The van der Waals surface area contributed by atoms with Gasteiger partial charge in [-0.2, -0.15) is 5.53 Å². The zero-order chi connectivity index (χ0) is 17.3. The van der Waals surface area contributed by atoms with Crippen LogP contribution in [0.1, 0.15) is 38.5 Å². The van der Waals surface area contributed by atoms with Crippen molar-refractivity contribution in [3.63, 3.8) is 0 Å². The van der Waals surface area contributed by atoms with E-state index in [0.717, 1.165) is 30.6 Å². The van der Waals surface area contributed by atoms with Crippen molar-refractivity contribution in [1.82, 2.24) is 31.5 Å². The van der Waals surface area contributed by atoms with E-state index in [-0.39, 0.29) is 0 Å². The fraction of sp³-hybridized carbons (Fsp3) is 0.421. The first-order valence-electron chi connectivity index (χ1n) is 9.44. The van der Waals surface area contributed by atoms with E-state index in [1.807, 2.05) is 11.2 Å². The van der Waals surface area contributed by atoms with Crippen LogP contribution in [0.3, 0.4) is 0 Å². The molecule has 5 rings (SSSR count). The lowest BCUT2D eigenvalue weighted by atomic mass is 10.00. The molecule has 134 valence electrons. The van der Waals surface area contributed by atoms with Crippen molar-refractivity contribution in [3.05, 3.63) is 34.7 Å². The smallest absolute Gasteiger partial charge is 0.168 e. The molecule has 3 heterocycles. The molecule has 0 saturated carbocycles. The third kappa shape index (κ3) is 2.98. The highest BCUT2D eigenvalue weighted by atomic mass is 15.9. The minimum Gasteiger partial charge on any atom is -0.287 e. The average Bonchev–Trinajstić information content (AvgIpc) is 3.28. The fourth-order valence-electron chi connectivity index (χ4n) is 4.16. The van der Waals surface area contributed by atoms with Crippen molar-refractivity contribution in [2.24, 2.45) is 0 Å². The number of anilines is 1. The first-order valence-corrected chi connectivity index (χ1v) is 9.44. The van der Waals surface area contributed by atoms with Crippen LogP contribution < -0.4 is 26.8 Å². The molecule has 2 aliphatic heterocycles. The molecule has 2 aromatic rings. The van der Waals surface area contributed by atoms with Crippen LogP contribution in [0, 0.1) is 0 Å². The summed E-state index contributed by atoms with van der Waals surface area (Å²) in [6.45, 7) is 0.881. The lowest BCUT2D eigenvalue weighted by Crippen LogP contribution is -2.40. The van der Waals surface area contributed by atoms with Crippen LogP contribution in [0.2, 0.25) is 0 Å². The summed E-state index contributed by atoms with van der Waals surface area (Å²) in [5.41, 5.74) is 13.3. The molecule has 1 aliphatic carbocycles. The summed E-state index contributed by atoms with van der Waals surface area (Å²) in [6, 6.07) is 8.88. The van der Waals surface area contributed by atoms with Gasteiger partial charge >= 0.3 is 0 Å². The maximum atomic E-state index is 4.32. The number of hydrogen-bond donors (Lipinski definition) is 3. The fourth-order valence-corrected chi connectivity index (χ4v) is 4.16. The van der Waals surface area contributed by atoms with Crippen molar-refractivity contribution in [2.45, 2.75) is 44.6 Å². The van der Waals surface area contributed by atoms with E-state index in [1.165, 1.54) is 41.7 Å². The van der Waals surface area contributed by atoms with Crippen LogP contribution in [0.15, 0.2) is 24.3 Å². The summed E-state index contributed by atoms with van der Waals surface area (Å²) in [7, 11) is 0. The minimum absolute atomic E-state index is 0.443. The summed E-state index contributed by atoms with van der Waals surface area (Å²) in [4.78, 5) is 0. The highest BCUT2D eigenvalue weighted by Crippen LogP contribution is 2.21. The van der Waals surface area contributed by atoms with Gasteiger partial charge in [-0.25, -0.2) is 5.43 Å². The molecule has 1 saturated heterocycles. The van der Waals surface area contributed by atoms with Crippen molar-refractivity contribution in [1.29, 1.82) is 0 Å². The van der Waals surface area contributed by atoms with Crippen molar-refractivity contribution in [3.8, 4) is 11.3 Å². The van der Waals surface area contributed by atoms with Crippen LogP contribution in [-0.4, -0.2) is 33.1 Å². The van der Waals surface area contributed by atoms with Crippen molar-refractivity contribution in [2.75, 3.05) is 12.0 Å². The van der Waals surface area contributed by atoms with E-state index in [0.29, 0.717) is 11.9 Å². The monoisotopic (exact) mass is 349 g/mol. The number of benzene rings is 1.